The highest BCUT2D eigenvalue weighted by Crippen LogP contribution is 2.35. The van der Waals surface area contributed by atoms with Gasteiger partial charge in [-0.1, -0.05) is 13.3 Å². The van der Waals surface area contributed by atoms with Crippen molar-refractivity contribution in [3.63, 3.8) is 0 Å². The lowest BCUT2D eigenvalue weighted by molar-refractivity contribution is 0.773. The molecule has 1 nitrogen and oxygen atoms in total. The zero-order valence-corrected chi connectivity index (χ0v) is 7.74. The van der Waals surface area contributed by atoms with E-state index in [0.29, 0.717) is 10.1 Å². The molecule has 0 fully saturated rings. The van der Waals surface area contributed by atoms with Gasteiger partial charge in [0.1, 0.15) is 0 Å². The molecule has 0 amide bonds. The molecule has 58 valence electrons. The summed E-state index contributed by atoms with van der Waals surface area (Å²) in [6.07, 6.45) is 4.55. The van der Waals surface area contributed by atoms with Gasteiger partial charge >= 0.3 is 0 Å². The maximum absolute atomic E-state index is 4.42. The molecule has 0 aliphatic carbocycles. The zero-order valence-electron chi connectivity index (χ0n) is 6.92. The van der Waals surface area contributed by atoms with E-state index in [9.17, 15) is 0 Å². The quantitative estimate of drug-likeness (QED) is 0.600. The van der Waals surface area contributed by atoms with Crippen molar-refractivity contribution in [1.29, 1.82) is 0 Å². The van der Waals surface area contributed by atoms with Crippen LogP contribution in [0.3, 0.4) is 0 Å². The summed E-state index contributed by atoms with van der Waals surface area (Å²) in [6, 6.07) is 0. The predicted octanol–water partition coefficient (Wildman–Crippen LogP) is 2.71. The predicted molar refractivity (Wildman–Crippen MR) is 48.9 cm³/mol. The third kappa shape index (κ3) is 2.01. The number of hydrogen-bond donors (Lipinski definition) is 0. The average Bonchev–Trinajstić information content (AvgIpc) is 2.12. The van der Waals surface area contributed by atoms with Crippen molar-refractivity contribution in [2.75, 3.05) is 0 Å². The first-order chi connectivity index (χ1) is 4.64. The highest BCUT2D eigenvalue weighted by molar-refractivity contribution is 8.02. The molecule has 0 saturated carbocycles. The number of thioether (sulfide) groups is 1. The van der Waals surface area contributed by atoms with Crippen LogP contribution in [0.5, 0.6) is 0 Å². The summed E-state index contributed by atoms with van der Waals surface area (Å²) < 4.78 is 0.292. The highest BCUT2D eigenvalue weighted by Gasteiger charge is 2.26. The normalized spacial score (nSPS) is 29.3. The van der Waals surface area contributed by atoms with E-state index in [2.05, 4.69) is 32.0 Å². The molecule has 0 aromatic heterocycles. The van der Waals surface area contributed by atoms with Crippen molar-refractivity contribution in [3.05, 3.63) is 0 Å². The molecular formula is C8H15NS. The molecule has 10 heavy (non-hydrogen) atoms. The summed E-state index contributed by atoms with van der Waals surface area (Å²) in [5, 5.41) is 0.542. The van der Waals surface area contributed by atoms with Gasteiger partial charge in [0.15, 0.2) is 0 Å². The maximum Gasteiger partial charge on any atom is 0.0956 e. The fourth-order valence-electron chi connectivity index (χ4n) is 1.05. The SMILES string of the molecule is CCCC1N=CC(C)(C)S1. The summed E-state index contributed by atoms with van der Waals surface area (Å²) in [4.78, 5) is 4.42. The smallest absolute Gasteiger partial charge is 0.0956 e. The third-order valence-electron chi connectivity index (χ3n) is 1.53. The van der Waals surface area contributed by atoms with Crippen LogP contribution >= 0.6 is 11.8 Å². The van der Waals surface area contributed by atoms with Crippen molar-refractivity contribution in [2.24, 2.45) is 4.99 Å². The summed E-state index contributed by atoms with van der Waals surface area (Å²) >= 11 is 1.97. The molecule has 1 heterocycles. The summed E-state index contributed by atoms with van der Waals surface area (Å²) in [5.41, 5.74) is 0. The molecular weight excluding hydrogens is 142 g/mol. The van der Waals surface area contributed by atoms with Gasteiger partial charge in [0.25, 0.3) is 0 Å². The molecule has 1 aliphatic rings. The number of hydrogen-bond acceptors (Lipinski definition) is 2. The largest absolute Gasteiger partial charge is 0.282 e. The lowest BCUT2D eigenvalue weighted by atomic mass is 10.2. The second-order valence-corrected chi connectivity index (χ2v) is 5.07. The minimum absolute atomic E-state index is 0.292. The summed E-state index contributed by atoms with van der Waals surface area (Å²) in [6.45, 7) is 6.65. The van der Waals surface area contributed by atoms with Crippen LogP contribution in [0.15, 0.2) is 4.99 Å². The Bertz CT molecular complexity index is 140. The van der Waals surface area contributed by atoms with Gasteiger partial charge in [-0.3, -0.25) is 4.99 Å². The van der Waals surface area contributed by atoms with E-state index in [-0.39, 0.29) is 0 Å². The van der Waals surface area contributed by atoms with E-state index in [0.717, 1.165) is 0 Å². The number of rotatable bonds is 2. The van der Waals surface area contributed by atoms with Gasteiger partial charge in [-0.15, -0.1) is 11.8 Å². The third-order valence-corrected chi connectivity index (χ3v) is 2.87. The van der Waals surface area contributed by atoms with Crippen molar-refractivity contribution in [1.82, 2.24) is 0 Å². The molecule has 0 spiro atoms. The van der Waals surface area contributed by atoms with Crippen LogP contribution in [0.25, 0.3) is 0 Å². The Kier molecular flexibility index (Phi) is 2.40. The highest BCUT2D eigenvalue weighted by atomic mass is 32.2. The standard InChI is InChI=1S/C8H15NS/c1-4-5-7-9-6-8(2,3)10-7/h6-7H,4-5H2,1-3H3. The molecule has 1 unspecified atom stereocenters. The minimum Gasteiger partial charge on any atom is -0.282 e. The molecule has 1 atom stereocenters. The zero-order chi connectivity index (χ0) is 7.61. The Labute approximate surface area is 67.3 Å². The fourth-order valence-corrected chi connectivity index (χ4v) is 2.35. The van der Waals surface area contributed by atoms with E-state index >= 15 is 0 Å². The molecule has 0 saturated heterocycles. The first-order valence-electron chi connectivity index (χ1n) is 3.86. The minimum atomic E-state index is 0.292. The summed E-state index contributed by atoms with van der Waals surface area (Å²) in [5.74, 6) is 0. The van der Waals surface area contributed by atoms with E-state index in [4.69, 9.17) is 0 Å². The molecule has 0 aromatic rings. The van der Waals surface area contributed by atoms with Crippen LogP contribution in [0.4, 0.5) is 0 Å². The Balaban J connectivity index is 2.38. The van der Waals surface area contributed by atoms with Crippen LogP contribution in [0.2, 0.25) is 0 Å². The van der Waals surface area contributed by atoms with E-state index < -0.39 is 0 Å². The number of aliphatic imine (C=N–C) groups is 1. The van der Waals surface area contributed by atoms with Crippen molar-refractivity contribution < 1.29 is 0 Å². The molecule has 0 aromatic carbocycles. The molecule has 0 radical (unpaired) electrons. The van der Waals surface area contributed by atoms with Crippen molar-refractivity contribution in [2.45, 2.75) is 43.7 Å². The van der Waals surface area contributed by atoms with E-state index in [1.165, 1.54) is 12.8 Å². The van der Waals surface area contributed by atoms with Gasteiger partial charge in [0.05, 0.1) is 5.37 Å². The van der Waals surface area contributed by atoms with Crippen LogP contribution in [0, 0.1) is 0 Å². The first kappa shape index (κ1) is 8.12. The Hall–Kier alpha value is 0.0200. The van der Waals surface area contributed by atoms with Crippen LogP contribution in [0.1, 0.15) is 33.6 Å². The summed E-state index contributed by atoms with van der Waals surface area (Å²) in [7, 11) is 0. The van der Waals surface area contributed by atoms with Crippen LogP contribution < -0.4 is 0 Å². The molecule has 2 heteroatoms. The fraction of sp³-hybridized carbons (Fsp3) is 0.875. The Morgan fingerprint density at radius 1 is 1.60 bits per heavy atom. The number of nitrogens with zero attached hydrogens (tertiary/aromatic N) is 1. The van der Waals surface area contributed by atoms with Gasteiger partial charge in [0.2, 0.25) is 0 Å². The second kappa shape index (κ2) is 2.95. The van der Waals surface area contributed by atoms with Gasteiger partial charge in [-0.2, -0.15) is 0 Å². The second-order valence-electron chi connectivity index (χ2n) is 3.24. The van der Waals surface area contributed by atoms with Crippen LogP contribution in [-0.4, -0.2) is 16.3 Å². The monoisotopic (exact) mass is 157 g/mol. The van der Waals surface area contributed by atoms with Gasteiger partial charge in [-0.05, 0) is 20.3 Å². The molecule has 1 rings (SSSR count). The lowest BCUT2D eigenvalue weighted by Crippen LogP contribution is -2.12. The van der Waals surface area contributed by atoms with Gasteiger partial charge in [0, 0.05) is 11.0 Å². The lowest BCUT2D eigenvalue weighted by Gasteiger charge is -2.13. The Morgan fingerprint density at radius 2 is 2.30 bits per heavy atom. The average molecular weight is 157 g/mol. The Morgan fingerprint density at radius 3 is 2.70 bits per heavy atom. The van der Waals surface area contributed by atoms with Gasteiger partial charge in [-0.25, -0.2) is 0 Å². The molecule has 0 N–H and O–H groups in total. The van der Waals surface area contributed by atoms with E-state index in [1.54, 1.807) is 0 Å². The van der Waals surface area contributed by atoms with Gasteiger partial charge < -0.3 is 0 Å². The molecule has 0 bridgehead atoms. The molecule has 1 aliphatic heterocycles. The van der Waals surface area contributed by atoms with Crippen LogP contribution in [-0.2, 0) is 0 Å². The first-order valence-corrected chi connectivity index (χ1v) is 4.74. The van der Waals surface area contributed by atoms with Crippen molar-refractivity contribution in [3.8, 4) is 0 Å². The van der Waals surface area contributed by atoms with E-state index in [1.807, 2.05) is 11.8 Å². The topological polar surface area (TPSA) is 12.4 Å². The maximum atomic E-state index is 4.42. The van der Waals surface area contributed by atoms with Crippen molar-refractivity contribution >= 4 is 18.0 Å².